The Morgan fingerprint density at radius 3 is 1.33 bits per heavy atom. The van der Waals surface area contributed by atoms with E-state index in [-0.39, 0.29) is 50.7 Å². The van der Waals surface area contributed by atoms with Crippen molar-refractivity contribution in [2.45, 2.75) is 51.6 Å². The van der Waals surface area contributed by atoms with Gasteiger partial charge in [0.15, 0.2) is 0 Å². The van der Waals surface area contributed by atoms with Crippen LogP contribution in [0.1, 0.15) is 41.5 Å². The fourth-order valence-corrected chi connectivity index (χ4v) is 7.10. The van der Waals surface area contributed by atoms with E-state index in [1.165, 1.54) is 0 Å². The van der Waals surface area contributed by atoms with Crippen molar-refractivity contribution in [3.05, 3.63) is 30.3 Å². The quantitative estimate of drug-likeness (QED) is 0.458. The molecular formula is C14H23Cl2InSi-2. The Morgan fingerprint density at radius 2 is 1.06 bits per heavy atom. The third kappa shape index (κ3) is 6.88. The van der Waals surface area contributed by atoms with Crippen molar-refractivity contribution in [1.82, 2.24) is 0 Å². The van der Waals surface area contributed by atoms with Gasteiger partial charge in [0.2, 0.25) is 0 Å². The van der Waals surface area contributed by atoms with E-state index in [4.69, 9.17) is 0 Å². The maximum atomic E-state index is 2.37. The van der Waals surface area contributed by atoms with Crippen LogP contribution in [0.15, 0.2) is 30.3 Å². The maximum absolute atomic E-state index is 2.37. The van der Waals surface area contributed by atoms with Crippen molar-refractivity contribution in [3.8, 4) is 0 Å². The number of rotatable bonds is 1. The Hall–Kier alpha value is 0.887. The van der Waals surface area contributed by atoms with Gasteiger partial charge in [-0.1, -0.05) is 77.1 Å². The van der Waals surface area contributed by atoms with E-state index < -0.39 is 8.80 Å². The zero-order chi connectivity index (χ0) is 11.7. The monoisotopic (exact) mass is 404 g/mol. The van der Waals surface area contributed by atoms with Crippen molar-refractivity contribution >= 4 is 39.8 Å². The van der Waals surface area contributed by atoms with E-state index >= 15 is 0 Å². The summed E-state index contributed by atoms with van der Waals surface area (Å²) in [6.45, 7) is 14.2. The molecule has 0 N–H and O–H groups in total. The average Bonchev–Trinajstić information content (AvgIpc) is 2.00. The molecule has 18 heavy (non-hydrogen) atoms. The van der Waals surface area contributed by atoms with Crippen molar-refractivity contribution in [1.29, 1.82) is 0 Å². The summed E-state index contributed by atoms with van der Waals surface area (Å²) in [5.74, 6) is 0. The van der Waals surface area contributed by atoms with Gasteiger partial charge >= 0.3 is 0 Å². The third-order valence-corrected chi connectivity index (χ3v) is 6.47. The largest absolute Gasteiger partial charge is 1.00 e. The van der Waals surface area contributed by atoms with Gasteiger partial charge in [0.1, 0.15) is 0 Å². The molecule has 0 amide bonds. The van der Waals surface area contributed by atoms with E-state index in [1.807, 2.05) is 0 Å². The standard InChI is InChI=1S/C14H23Si.2ClH.In/c1-13(2,3)15(14(4,5)6)12-10-8-7-9-11-12;;;/h7-11H,1-6H3;2*1H;/p-2. The molecular weight excluding hydrogens is 382 g/mol. The van der Waals surface area contributed by atoms with Crippen molar-refractivity contribution < 1.29 is 24.8 Å². The summed E-state index contributed by atoms with van der Waals surface area (Å²) in [5.41, 5.74) is 0. The van der Waals surface area contributed by atoms with Crippen LogP contribution in [0.2, 0.25) is 10.1 Å². The molecule has 0 bridgehead atoms. The van der Waals surface area contributed by atoms with Gasteiger partial charge in [-0.3, -0.25) is 0 Å². The van der Waals surface area contributed by atoms with Crippen LogP contribution in [0.5, 0.6) is 0 Å². The zero-order valence-electron chi connectivity index (χ0n) is 12.2. The molecule has 0 aromatic heterocycles. The second-order valence-corrected chi connectivity index (χ2v) is 10.6. The number of hydrogen-bond acceptors (Lipinski definition) is 0. The van der Waals surface area contributed by atoms with Crippen LogP contribution in [0, 0.1) is 0 Å². The Morgan fingerprint density at radius 1 is 0.722 bits per heavy atom. The Kier molecular flexibility index (Phi) is 11.9. The molecule has 1 rings (SSSR count). The van der Waals surface area contributed by atoms with Crippen LogP contribution in [0.3, 0.4) is 0 Å². The van der Waals surface area contributed by atoms with Gasteiger partial charge < -0.3 is 24.8 Å². The molecule has 0 spiro atoms. The van der Waals surface area contributed by atoms with Crippen LogP contribution >= 0.6 is 0 Å². The van der Waals surface area contributed by atoms with E-state index in [1.54, 1.807) is 5.19 Å². The minimum Gasteiger partial charge on any atom is -1.00 e. The first-order valence-electron chi connectivity index (χ1n) is 5.66. The summed E-state index contributed by atoms with van der Waals surface area (Å²) in [4.78, 5) is 0. The number of halogens is 2. The zero-order valence-corrected chi connectivity index (χ0v) is 18.0. The molecule has 1 aromatic rings. The number of hydrogen-bond donors (Lipinski definition) is 0. The Balaban J connectivity index is -0.000000750. The molecule has 0 heterocycles. The second-order valence-electron chi connectivity index (χ2n) is 6.24. The van der Waals surface area contributed by atoms with Crippen molar-refractivity contribution in [2.24, 2.45) is 0 Å². The fourth-order valence-electron chi connectivity index (χ4n) is 2.60. The maximum Gasteiger partial charge on any atom is 0.0969 e. The molecule has 0 nitrogen and oxygen atoms in total. The summed E-state index contributed by atoms with van der Waals surface area (Å²) >= 11 is 0. The first kappa shape index (κ1) is 23.9. The molecule has 0 saturated carbocycles. The predicted molar refractivity (Wildman–Crippen MR) is 77.0 cm³/mol. The average molecular weight is 405 g/mol. The SMILES string of the molecule is CC(C)(C)[Si](c1ccccc1)C(C)(C)C.[Cl-].[Cl-].[In]. The van der Waals surface area contributed by atoms with Gasteiger partial charge in [-0.05, 0) is 10.1 Å². The summed E-state index contributed by atoms with van der Waals surface area (Å²) in [7, 11) is -0.553. The first-order chi connectivity index (χ1) is 6.73. The molecule has 4 radical (unpaired) electrons. The van der Waals surface area contributed by atoms with Crippen LogP contribution in [0.25, 0.3) is 0 Å². The van der Waals surface area contributed by atoms with Crippen molar-refractivity contribution in [3.63, 3.8) is 0 Å². The molecule has 0 fully saturated rings. The Labute approximate surface area is 146 Å². The molecule has 0 aliphatic carbocycles. The molecule has 0 aliphatic heterocycles. The van der Waals surface area contributed by atoms with Gasteiger partial charge in [0.05, 0.1) is 8.80 Å². The topological polar surface area (TPSA) is 0 Å². The van der Waals surface area contributed by atoms with Crippen molar-refractivity contribution in [2.75, 3.05) is 0 Å². The van der Waals surface area contributed by atoms with E-state index in [0.29, 0.717) is 10.1 Å². The first-order valence-corrected chi connectivity index (χ1v) is 7.16. The van der Waals surface area contributed by atoms with Crippen LogP contribution < -0.4 is 30.0 Å². The Bertz CT molecular complexity index is 301. The third-order valence-electron chi connectivity index (χ3n) is 2.56. The minimum atomic E-state index is -0.553. The normalized spacial score (nSPS) is 11.1. The van der Waals surface area contributed by atoms with E-state index in [2.05, 4.69) is 71.9 Å². The molecule has 0 aliphatic rings. The van der Waals surface area contributed by atoms with Gasteiger partial charge in [-0.25, -0.2) is 0 Å². The summed E-state index contributed by atoms with van der Waals surface area (Å²) < 4.78 is 0. The van der Waals surface area contributed by atoms with Gasteiger partial charge in [-0.2, -0.15) is 0 Å². The van der Waals surface area contributed by atoms with E-state index in [0.717, 1.165) is 0 Å². The molecule has 0 unspecified atom stereocenters. The fraction of sp³-hybridized carbons (Fsp3) is 0.571. The van der Waals surface area contributed by atoms with Crippen LogP contribution in [-0.4, -0.2) is 34.6 Å². The molecule has 0 atom stereocenters. The van der Waals surface area contributed by atoms with Gasteiger partial charge in [0.25, 0.3) is 0 Å². The minimum absolute atomic E-state index is 0. The summed E-state index contributed by atoms with van der Waals surface area (Å²) in [5, 5.41) is 2.37. The second kappa shape index (κ2) is 8.94. The smallest absolute Gasteiger partial charge is 0.0969 e. The molecule has 1 aromatic carbocycles. The van der Waals surface area contributed by atoms with E-state index in [9.17, 15) is 0 Å². The molecule has 4 heteroatoms. The summed E-state index contributed by atoms with van der Waals surface area (Å²) in [6.07, 6.45) is 0. The summed E-state index contributed by atoms with van der Waals surface area (Å²) in [6, 6.07) is 11.0. The number of benzene rings is 1. The molecule has 102 valence electrons. The van der Waals surface area contributed by atoms with Crippen LogP contribution in [-0.2, 0) is 0 Å². The molecule has 0 saturated heterocycles. The van der Waals surface area contributed by atoms with Gasteiger partial charge in [-0.15, -0.1) is 0 Å². The predicted octanol–water partition coefficient (Wildman–Crippen LogP) is -2.38. The van der Waals surface area contributed by atoms with Crippen LogP contribution in [0.4, 0.5) is 0 Å². The van der Waals surface area contributed by atoms with Gasteiger partial charge in [0, 0.05) is 25.8 Å².